The van der Waals surface area contributed by atoms with Gasteiger partial charge in [0, 0.05) is 29.9 Å². The third kappa shape index (κ3) is 5.33. The number of nitrogens with one attached hydrogen (secondary N) is 2. The quantitative estimate of drug-likeness (QED) is 0.337. The number of carbonyl (C=O) groups is 2. The molecule has 14 heteroatoms. The maximum absolute atomic E-state index is 13.8. The number of aromatic nitrogens is 1. The predicted octanol–water partition coefficient (Wildman–Crippen LogP) is 4.37. The zero-order chi connectivity index (χ0) is 29.7. The van der Waals surface area contributed by atoms with Gasteiger partial charge in [-0.25, -0.2) is 26.6 Å². The number of rotatable bonds is 7. The minimum atomic E-state index is -4.11. The number of halogens is 4. The van der Waals surface area contributed by atoms with Crippen molar-refractivity contribution in [2.75, 3.05) is 11.9 Å². The summed E-state index contributed by atoms with van der Waals surface area (Å²) in [6, 6.07) is 4.74. The predicted molar refractivity (Wildman–Crippen MR) is 140 cm³/mol. The van der Waals surface area contributed by atoms with E-state index in [9.17, 15) is 36.3 Å². The second kappa shape index (κ2) is 10.8. The number of nitrogens with zero attached hydrogens (tertiary/aromatic N) is 1. The number of amides is 2. The molecule has 2 aromatic carbocycles. The Morgan fingerprint density at radius 1 is 1.12 bits per heavy atom. The molecule has 2 aliphatic carbocycles. The summed E-state index contributed by atoms with van der Waals surface area (Å²) in [4.78, 5) is 28.6. The normalized spacial score (nSPS) is 25.6. The SMILES string of the molecule is C[C@H]1CC2C[C@@H](S(=O)(=O)c3cc(C(=O)Nc4cc(F)c(F)c(F)c4)ccc3Cl)C[C@H]1[C@@]2(O)CNC(=O)c1ncco1. The largest absolute Gasteiger partial charge is 0.441 e. The molecular weight excluding hydrogens is 587 g/mol. The molecule has 2 bridgehead atoms. The molecular formula is C27H25ClF3N3O6S. The average Bonchev–Trinajstić information content (AvgIpc) is 3.48. The second-order valence-corrected chi connectivity index (χ2v) is 13.1. The van der Waals surface area contributed by atoms with E-state index in [0.29, 0.717) is 18.6 Å². The topological polar surface area (TPSA) is 139 Å². The Bertz CT molecular complexity index is 1600. The van der Waals surface area contributed by atoms with E-state index in [1.165, 1.54) is 24.6 Å². The number of anilines is 1. The summed E-state index contributed by atoms with van der Waals surface area (Å²) in [7, 11) is -4.11. The zero-order valence-electron chi connectivity index (χ0n) is 21.5. The Kier molecular flexibility index (Phi) is 7.64. The first-order valence-corrected chi connectivity index (χ1v) is 14.6. The van der Waals surface area contributed by atoms with Gasteiger partial charge in [-0.15, -0.1) is 0 Å². The van der Waals surface area contributed by atoms with Crippen molar-refractivity contribution in [2.24, 2.45) is 17.8 Å². The smallest absolute Gasteiger partial charge is 0.307 e. The van der Waals surface area contributed by atoms with E-state index >= 15 is 0 Å². The Morgan fingerprint density at radius 2 is 1.83 bits per heavy atom. The second-order valence-electron chi connectivity index (χ2n) is 10.5. The van der Waals surface area contributed by atoms with Gasteiger partial charge in [-0.2, -0.15) is 0 Å². The number of fused-ring (bicyclic) bond motifs is 2. The highest BCUT2D eigenvalue weighted by molar-refractivity contribution is 7.92. The molecule has 3 N–H and O–H groups in total. The molecule has 2 amide bonds. The number of hydrogen-bond donors (Lipinski definition) is 3. The van der Waals surface area contributed by atoms with Crippen LogP contribution in [-0.4, -0.2) is 47.7 Å². The van der Waals surface area contributed by atoms with Crippen molar-refractivity contribution in [3.05, 3.63) is 76.7 Å². The molecule has 2 aliphatic rings. The van der Waals surface area contributed by atoms with Crippen LogP contribution in [0.25, 0.3) is 0 Å². The van der Waals surface area contributed by atoms with E-state index in [2.05, 4.69) is 15.6 Å². The van der Waals surface area contributed by atoms with Gasteiger partial charge < -0.3 is 20.2 Å². The number of oxazole rings is 1. The van der Waals surface area contributed by atoms with Crippen molar-refractivity contribution in [1.82, 2.24) is 10.3 Å². The van der Waals surface area contributed by atoms with Crippen LogP contribution in [0.15, 0.2) is 52.1 Å². The Balaban J connectivity index is 1.35. The van der Waals surface area contributed by atoms with Crippen molar-refractivity contribution in [3.63, 3.8) is 0 Å². The van der Waals surface area contributed by atoms with Crippen molar-refractivity contribution in [2.45, 2.75) is 41.9 Å². The summed E-state index contributed by atoms with van der Waals surface area (Å²) < 4.78 is 73.0. The highest BCUT2D eigenvalue weighted by Gasteiger charge is 2.58. The number of aliphatic hydroxyl groups is 1. The molecule has 0 saturated heterocycles. The molecule has 1 unspecified atom stereocenters. The van der Waals surface area contributed by atoms with Crippen LogP contribution in [0, 0.1) is 35.2 Å². The van der Waals surface area contributed by atoms with Gasteiger partial charge in [0.25, 0.3) is 11.8 Å². The van der Waals surface area contributed by atoms with Crippen molar-refractivity contribution >= 4 is 38.9 Å². The molecule has 3 aromatic rings. The van der Waals surface area contributed by atoms with E-state index < -0.39 is 61.8 Å². The summed E-state index contributed by atoms with van der Waals surface area (Å²) in [5.74, 6) is -7.28. The Labute approximate surface area is 238 Å². The van der Waals surface area contributed by atoms with Crippen LogP contribution < -0.4 is 10.6 Å². The third-order valence-corrected chi connectivity index (χ3v) is 10.8. The van der Waals surface area contributed by atoms with Crippen molar-refractivity contribution in [1.29, 1.82) is 0 Å². The number of carbonyl (C=O) groups excluding carboxylic acids is 2. The lowest BCUT2D eigenvalue weighted by Gasteiger charge is -2.43. The van der Waals surface area contributed by atoms with Crippen LogP contribution in [0.5, 0.6) is 0 Å². The van der Waals surface area contributed by atoms with E-state index in [0.717, 1.165) is 6.07 Å². The van der Waals surface area contributed by atoms with Crippen LogP contribution in [0.3, 0.4) is 0 Å². The Hall–Kier alpha value is -3.42. The maximum atomic E-state index is 13.8. The highest BCUT2D eigenvalue weighted by atomic mass is 35.5. The highest BCUT2D eigenvalue weighted by Crippen LogP contribution is 2.54. The maximum Gasteiger partial charge on any atom is 0.307 e. The molecule has 9 nitrogen and oxygen atoms in total. The lowest BCUT2D eigenvalue weighted by atomic mass is 9.73. The molecule has 218 valence electrons. The molecule has 0 aliphatic heterocycles. The van der Waals surface area contributed by atoms with Crippen LogP contribution in [-0.2, 0) is 9.84 Å². The molecule has 1 heterocycles. The molecule has 5 rings (SSSR count). The summed E-state index contributed by atoms with van der Waals surface area (Å²) in [6.45, 7) is 1.81. The third-order valence-electron chi connectivity index (χ3n) is 8.10. The van der Waals surface area contributed by atoms with E-state index in [1.54, 1.807) is 0 Å². The first-order valence-electron chi connectivity index (χ1n) is 12.7. The van der Waals surface area contributed by atoms with Crippen LogP contribution in [0.4, 0.5) is 18.9 Å². The summed E-state index contributed by atoms with van der Waals surface area (Å²) in [5.41, 5.74) is -1.87. The molecule has 1 aromatic heterocycles. The number of sulfone groups is 1. The first kappa shape index (κ1) is 29.1. The van der Waals surface area contributed by atoms with Gasteiger partial charge in [0.1, 0.15) is 6.26 Å². The van der Waals surface area contributed by atoms with E-state index in [-0.39, 0.29) is 52.4 Å². The monoisotopic (exact) mass is 611 g/mol. The lowest BCUT2D eigenvalue weighted by molar-refractivity contribution is -0.0600. The first-order chi connectivity index (χ1) is 19.3. The molecule has 41 heavy (non-hydrogen) atoms. The number of hydrogen-bond acceptors (Lipinski definition) is 7. The molecule has 2 fully saturated rings. The van der Waals surface area contributed by atoms with Gasteiger partial charge in [-0.05, 0) is 55.2 Å². The van der Waals surface area contributed by atoms with Crippen LogP contribution in [0.1, 0.15) is 47.2 Å². The minimum absolute atomic E-state index is 0.0343. The molecule has 0 spiro atoms. The van der Waals surface area contributed by atoms with Gasteiger partial charge in [-0.1, -0.05) is 18.5 Å². The van der Waals surface area contributed by atoms with E-state index in [4.69, 9.17) is 16.0 Å². The van der Waals surface area contributed by atoms with Gasteiger partial charge in [0.2, 0.25) is 0 Å². The summed E-state index contributed by atoms with van der Waals surface area (Å²) >= 11 is 6.27. The summed E-state index contributed by atoms with van der Waals surface area (Å²) in [5, 5.41) is 15.4. The van der Waals surface area contributed by atoms with Crippen LogP contribution in [0.2, 0.25) is 5.02 Å². The zero-order valence-corrected chi connectivity index (χ0v) is 23.1. The van der Waals surface area contributed by atoms with Crippen LogP contribution >= 0.6 is 11.6 Å². The van der Waals surface area contributed by atoms with Crippen molar-refractivity contribution in [3.8, 4) is 0 Å². The van der Waals surface area contributed by atoms with Gasteiger partial charge in [0.05, 0.1) is 27.0 Å². The average molecular weight is 612 g/mol. The minimum Gasteiger partial charge on any atom is -0.441 e. The standard InChI is InChI=1S/C27H25ClF3N3O6S/c1-13-6-15-8-17(11-18(13)27(15,37)12-33-25(36)26-32-4-5-40-26)41(38,39)22-7-14(2-3-19(22)28)24(35)34-16-9-20(29)23(31)21(30)10-16/h2-5,7,9-10,13,15,17-18,37H,6,8,11-12H2,1H3,(H,33,36)(H,34,35)/t13-,15?,17+,18+,27+/m0/s1. The van der Waals surface area contributed by atoms with Gasteiger partial charge in [-0.3, -0.25) is 9.59 Å². The fourth-order valence-corrected chi connectivity index (χ4v) is 8.46. The van der Waals surface area contributed by atoms with Gasteiger partial charge >= 0.3 is 5.91 Å². The van der Waals surface area contributed by atoms with Gasteiger partial charge in [0.15, 0.2) is 27.3 Å². The summed E-state index contributed by atoms with van der Waals surface area (Å²) in [6.07, 6.45) is 3.29. The fraction of sp³-hybridized carbons (Fsp3) is 0.370. The van der Waals surface area contributed by atoms with E-state index in [1.807, 2.05) is 6.92 Å². The molecule has 0 radical (unpaired) electrons. The lowest BCUT2D eigenvalue weighted by Crippen LogP contribution is -2.55. The molecule has 2 saturated carbocycles. The Morgan fingerprint density at radius 3 is 2.46 bits per heavy atom. The molecule has 5 atom stereocenters. The van der Waals surface area contributed by atoms with Crippen molar-refractivity contribution < 1.29 is 40.7 Å². The fourth-order valence-electron chi connectivity index (χ4n) is 6.08. The number of benzene rings is 2.